The van der Waals surface area contributed by atoms with Gasteiger partial charge in [-0.15, -0.1) is 0 Å². The van der Waals surface area contributed by atoms with Gasteiger partial charge in [0, 0.05) is 24.8 Å². The zero-order valence-corrected chi connectivity index (χ0v) is 25.0. The van der Waals surface area contributed by atoms with Crippen molar-refractivity contribution in [2.45, 2.75) is 119 Å². The van der Waals surface area contributed by atoms with Crippen molar-refractivity contribution in [2.75, 3.05) is 6.54 Å². The molecule has 0 aromatic heterocycles. The molecule has 0 unspecified atom stereocenters. The largest absolute Gasteiger partial charge is 0.481 e. The molecular weight excluding hydrogens is 474 g/mol. The van der Waals surface area contributed by atoms with Crippen molar-refractivity contribution in [2.24, 2.45) is 62.4 Å². The predicted octanol–water partition coefficient (Wildman–Crippen LogP) is 6.38. The number of carboxylic acids is 1. The molecule has 0 aliphatic heterocycles. The highest BCUT2D eigenvalue weighted by Gasteiger charge is 2.70. The minimum Gasteiger partial charge on any atom is -0.481 e. The fourth-order valence-corrected chi connectivity index (χ4v) is 12.0. The first kappa shape index (κ1) is 28.3. The highest BCUT2D eigenvalue weighted by Crippen LogP contribution is 2.77. The smallest absolute Gasteiger partial charge is 0.303 e. The van der Waals surface area contributed by atoms with Crippen LogP contribution in [0.4, 0.5) is 0 Å². The number of hydrogen-bond donors (Lipinski definition) is 3. The van der Waals surface area contributed by atoms with E-state index in [-0.39, 0.29) is 52.2 Å². The third-order valence-corrected chi connectivity index (χ3v) is 14.0. The maximum atomic E-state index is 13.5. The standard InChI is InChI=1S/C33H53NO4/c1-19(2)27-22(35)17-33(25(36)18-34)15-14-31(6)21(28(27)33)8-9-24-30(5)12-10-20(16-26(37)38)29(3,4)23(30)11-13-32(24,31)7/h19-21,23-25,36H,8-18,34H2,1-7H3,(H,37,38)/t20-,21+,23+,24+,25+,30+,31+,32+,33-/m0/s1. The second-order valence-corrected chi connectivity index (χ2v) is 15.8. The van der Waals surface area contributed by atoms with Gasteiger partial charge in [-0.2, -0.15) is 0 Å². The summed E-state index contributed by atoms with van der Waals surface area (Å²) in [5.74, 6) is 1.43. The van der Waals surface area contributed by atoms with Gasteiger partial charge in [-0.3, -0.25) is 9.59 Å². The number of carbonyl (C=O) groups is 2. The van der Waals surface area contributed by atoms with E-state index in [0.29, 0.717) is 24.2 Å². The van der Waals surface area contributed by atoms with Crippen LogP contribution in [-0.2, 0) is 9.59 Å². The van der Waals surface area contributed by atoms with Crippen molar-refractivity contribution in [3.05, 3.63) is 11.1 Å². The first-order valence-electron chi connectivity index (χ1n) is 15.5. The second kappa shape index (κ2) is 8.90. The zero-order valence-electron chi connectivity index (χ0n) is 25.0. The molecule has 9 atom stereocenters. The van der Waals surface area contributed by atoms with E-state index < -0.39 is 17.5 Å². The molecule has 5 aliphatic carbocycles. The summed E-state index contributed by atoms with van der Waals surface area (Å²) in [6.45, 7) is 16.9. The third-order valence-electron chi connectivity index (χ3n) is 14.0. The summed E-state index contributed by atoms with van der Waals surface area (Å²) >= 11 is 0. The number of carbonyl (C=O) groups excluding carboxylic acids is 1. The van der Waals surface area contributed by atoms with Crippen LogP contribution in [0.3, 0.4) is 0 Å². The summed E-state index contributed by atoms with van der Waals surface area (Å²) in [6.07, 6.45) is 8.62. The van der Waals surface area contributed by atoms with Crippen molar-refractivity contribution in [3.63, 3.8) is 0 Å². The van der Waals surface area contributed by atoms with Crippen LogP contribution in [0.5, 0.6) is 0 Å². The van der Waals surface area contributed by atoms with Crippen molar-refractivity contribution in [1.29, 1.82) is 0 Å². The average molecular weight is 528 g/mol. The number of allylic oxidation sites excluding steroid dienone is 1. The maximum Gasteiger partial charge on any atom is 0.303 e. The van der Waals surface area contributed by atoms with Crippen LogP contribution >= 0.6 is 0 Å². The van der Waals surface area contributed by atoms with Gasteiger partial charge in [0.25, 0.3) is 0 Å². The highest BCUT2D eigenvalue weighted by molar-refractivity contribution is 6.00. The number of rotatable bonds is 5. The van der Waals surface area contributed by atoms with Crippen LogP contribution in [-0.4, -0.2) is 34.6 Å². The van der Waals surface area contributed by atoms with Gasteiger partial charge in [0.2, 0.25) is 0 Å². The van der Waals surface area contributed by atoms with E-state index in [1.54, 1.807) is 0 Å². The summed E-state index contributed by atoms with van der Waals surface area (Å²) in [5.41, 5.74) is 8.35. The molecular formula is C33H53NO4. The van der Waals surface area contributed by atoms with Gasteiger partial charge in [0.1, 0.15) is 0 Å². The molecule has 5 heteroatoms. The van der Waals surface area contributed by atoms with Crippen molar-refractivity contribution in [3.8, 4) is 0 Å². The summed E-state index contributed by atoms with van der Waals surface area (Å²) < 4.78 is 0. The molecule has 0 heterocycles. The molecule has 214 valence electrons. The average Bonchev–Trinajstić information content (AvgIpc) is 3.14. The lowest BCUT2D eigenvalue weighted by Gasteiger charge is -2.72. The number of fused-ring (bicyclic) bond motifs is 7. The topological polar surface area (TPSA) is 101 Å². The Hall–Kier alpha value is -1.20. The molecule has 0 bridgehead atoms. The number of aliphatic carboxylic acids is 1. The Balaban J connectivity index is 1.57. The van der Waals surface area contributed by atoms with Gasteiger partial charge in [-0.05, 0) is 108 Å². The Bertz CT molecular complexity index is 1050. The molecule has 5 rings (SSSR count). The van der Waals surface area contributed by atoms with Gasteiger partial charge in [0.05, 0.1) is 6.10 Å². The van der Waals surface area contributed by atoms with E-state index in [2.05, 4.69) is 48.5 Å². The van der Waals surface area contributed by atoms with Crippen molar-refractivity contribution >= 4 is 11.8 Å². The summed E-state index contributed by atoms with van der Waals surface area (Å²) in [5, 5.41) is 20.9. The Morgan fingerprint density at radius 1 is 0.947 bits per heavy atom. The number of aliphatic hydroxyl groups excluding tert-OH is 1. The molecule has 0 aromatic carbocycles. The van der Waals surface area contributed by atoms with Crippen LogP contribution in [0.2, 0.25) is 0 Å². The maximum absolute atomic E-state index is 13.5. The SMILES string of the molecule is CC(C)C1=C2[C@H]3CC[C@@H]4[C@]5(C)CC[C@@H](CC(=O)O)C(C)(C)[C@H]5CC[C@@]4(C)[C@]3(C)CC[C@@]2([C@H](O)CN)CC1=O. The Morgan fingerprint density at radius 3 is 2.24 bits per heavy atom. The van der Waals surface area contributed by atoms with Crippen LogP contribution in [0, 0.1) is 56.7 Å². The van der Waals surface area contributed by atoms with Crippen LogP contribution in [0.15, 0.2) is 11.1 Å². The van der Waals surface area contributed by atoms with E-state index in [1.165, 1.54) is 12.0 Å². The summed E-state index contributed by atoms with van der Waals surface area (Å²) in [6, 6.07) is 0. The molecule has 4 N–H and O–H groups in total. The minimum absolute atomic E-state index is 0.0165. The lowest BCUT2D eigenvalue weighted by Crippen LogP contribution is -2.65. The molecule has 5 nitrogen and oxygen atoms in total. The van der Waals surface area contributed by atoms with E-state index in [1.807, 2.05) is 0 Å². The normalized spacial score (nSPS) is 46.7. The zero-order chi connectivity index (χ0) is 28.1. The molecule has 4 saturated carbocycles. The number of nitrogens with two attached hydrogens (primary N) is 1. The fourth-order valence-electron chi connectivity index (χ4n) is 12.0. The molecule has 0 saturated heterocycles. The predicted molar refractivity (Wildman–Crippen MR) is 150 cm³/mol. The number of hydrogen-bond acceptors (Lipinski definition) is 4. The molecule has 5 aliphatic rings. The number of ketones is 1. The third kappa shape index (κ3) is 3.49. The van der Waals surface area contributed by atoms with E-state index in [4.69, 9.17) is 5.73 Å². The first-order valence-corrected chi connectivity index (χ1v) is 15.5. The van der Waals surface area contributed by atoms with E-state index in [9.17, 15) is 19.8 Å². The van der Waals surface area contributed by atoms with Crippen LogP contribution in [0.1, 0.15) is 113 Å². The Kier molecular flexibility index (Phi) is 6.63. The Morgan fingerprint density at radius 2 is 1.63 bits per heavy atom. The molecule has 0 aromatic rings. The quantitative estimate of drug-likeness (QED) is 0.385. The van der Waals surface area contributed by atoms with E-state index >= 15 is 0 Å². The lowest BCUT2D eigenvalue weighted by atomic mass is 9.32. The van der Waals surface area contributed by atoms with Crippen molar-refractivity contribution < 1.29 is 19.8 Å². The molecule has 0 amide bonds. The van der Waals surface area contributed by atoms with Gasteiger partial charge in [-0.1, -0.05) is 54.0 Å². The minimum atomic E-state index is -0.661. The molecule has 4 fully saturated rings. The van der Waals surface area contributed by atoms with Crippen LogP contribution < -0.4 is 5.73 Å². The lowest BCUT2D eigenvalue weighted by molar-refractivity contribution is -0.224. The highest BCUT2D eigenvalue weighted by atomic mass is 16.4. The number of aliphatic hydroxyl groups is 1. The second-order valence-electron chi connectivity index (χ2n) is 15.8. The molecule has 38 heavy (non-hydrogen) atoms. The first-order chi connectivity index (χ1) is 17.6. The number of Topliss-reactive ketones (excluding diaryl/α,β-unsaturated/α-hetero) is 1. The molecule has 0 spiro atoms. The summed E-state index contributed by atoms with van der Waals surface area (Å²) in [4.78, 5) is 25.2. The van der Waals surface area contributed by atoms with Crippen molar-refractivity contribution in [1.82, 2.24) is 0 Å². The Labute approximate surface area is 230 Å². The van der Waals surface area contributed by atoms with Gasteiger partial charge >= 0.3 is 5.97 Å². The van der Waals surface area contributed by atoms with Crippen LogP contribution in [0.25, 0.3) is 0 Å². The summed E-state index contributed by atoms with van der Waals surface area (Å²) in [7, 11) is 0. The fraction of sp³-hybridized carbons (Fsp3) is 0.879. The molecule has 0 radical (unpaired) electrons. The monoisotopic (exact) mass is 527 g/mol. The van der Waals surface area contributed by atoms with E-state index in [0.717, 1.165) is 50.5 Å². The van der Waals surface area contributed by atoms with Gasteiger partial charge in [0.15, 0.2) is 5.78 Å². The van der Waals surface area contributed by atoms with Gasteiger partial charge in [-0.25, -0.2) is 0 Å². The van der Waals surface area contributed by atoms with Gasteiger partial charge < -0.3 is 15.9 Å². The number of carboxylic acid groups (broad SMARTS) is 1.